The number of benzene rings is 3. The maximum atomic E-state index is 5.28. The summed E-state index contributed by atoms with van der Waals surface area (Å²) in [5.41, 5.74) is 6.20. The number of allylic oxidation sites excluding steroid dienone is 3. The number of aliphatic imine (C=N–C) groups is 1. The molecule has 34 heavy (non-hydrogen) atoms. The Bertz CT molecular complexity index is 1600. The fourth-order valence-corrected chi connectivity index (χ4v) is 5.30. The van der Waals surface area contributed by atoms with E-state index in [4.69, 9.17) is 4.99 Å². The van der Waals surface area contributed by atoms with Gasteiger partial charge in [0.25, 0.3) is 0 Å². The van der Waals surface area contributed by atoms with Gasteiger partial charge >= 0.3 is 0 Å². The molecule has 3 heteroatoms. The molecule has 0 amide bonds. The minimum Gasteiger partial charge on any atom is -0.298 e. The third kappa shape index (κ3) is 3.16. The van der Waals surface area contributed by atoms with E-state index in [2.05, 4.69) is 114 Å². The molecule has 5 aromatic rings. The lowest BCUT2D eigenvalue weighted by Crippen LogP contribution is -2.12. The summed E-state index contributed by atoms with van der Waals surface area (Å²) in [7, 11) is 0. The predicted octanol–water partition coefficient (Wildman–Crippen LogP) is 8.05. The molecular weight excluding hydrogens is 414 g/mol. The average molecular weight is 442 g/mol. The Kier molecular flexibility index (Phi) is 5.03. The molecule has 0 saturated heterocycles. The fraction of sp³-hybridized carbons (Fsp3) is 0.129. The van der Waals surface area contributed by atoms with Gasteiger partial charge < -0.3 is 0 Å². The number of aromatic nitrogens is 2. The lowest BCUT2D eigenvalue weighted by molar-refractivity contribution is 0.976. The first-order valence-corrected chi connectivity index (χ1v) is 11.9. The summed E-state index contributed by atoms with van der Waals surface area (Å²) in [6, 6.07) is 25.8. The van der Waals surface area contributed by atoms with Gasteiger partial charge in [-0.05, 0) is 62.1 Å². The van der Waals surface area contributed by atoms with Crippen LogP contribution in [0.3, 0.4) is 0 Å². The van der Waals surface area contributed by atoms with Crippen LogP contribution in [0, 0.1) is 0 Å². The maximum absolute atomic E-state index is 5.28. The van der Waals surface area contributed by atoms with Crippen molar-refractivity contribution in [1.82, 2.24) is 9.13 Å². The van der Waals surface area contributed by atoms with Crippen molar-refractivity contribution in [2.75, 3.05) is 0 Å². The van der Waals surface area contributed by atoms with Gasteiger partial charge in [-0.25, -0.2) is 4.99 Å². The van der Waals surface area contributed by atoms with Gasteiger partial charge in [-0.2, -0.15) is 0 Å². The molecular formula is C31H27N3. The van der Waals surface area contributed by atoms with Crippen LogP contribution < -0.4 is 0 Å². The Labute approximate surface area is 199 Å². The van der Waals surface area contributed by atoms with E-state index in [1.165, 1.54) is 32.9 Å². The van der Waals surface area contributed by atoms with Crippen LogP contribution in [-0.4, -0.2) is 15.0 Å². The van der Waals surface area contributed by atoms with Crippen molar-refractivity contribution in [2.24, 2.45) is 4.99 Å². The van der Waals surface area contributed by atoms with E-state index in [1.54, 1.807) is 0 Å². The SMILES string of the molecule is C=CC/C=C(\N=C(C)n1c2c(c3ccccc31)CCC=C2)n1c2ccccc2c2ccccc21. The second-order valence-electron chi connectivity index (χ2n) is 8.77. The smallest absolute Gasteiger partial charge is 0.135 e. The largest absolute Gasteiger partial charge is 0.298 e. The zero-order valence-corrected chi connectivity index (χ0v) is 19.4. The first kappa shape index (κ1) is 20.5. The van der Waals surface area contributed by atoms with Crippen LogP contribution in [0.2, 0.25) is 0 Å². The molecule has 0 fully saturated rings. The molecule has 0 atom stereocenters. The molecule has 1 aliphatic carbocycles. The van der Waals surface area contributed by atoms with Gasteiger partial charge in [0, 0.05) is 16.2 Å². The molecule has 6 rings (SSSR count). The van der Waals surface area contributed by atoms with Gasteiger partial charge in [0.1, 0.15) is 11.7 Å². The van der Waals surface area contributed by atoms with E-state index in [0.29, 0.717) is 0 Å². The van der Waals surface area contributed by atoms with Crippen molar-refractivity contribution in [1.29, 1.82) is 0 Å². The summed E-state index contributed by atoms with van der Waals surface area (Å²) in [4.78, 5) is 5.28. The molecule has 166 valence electrons. The first-order valence-electron chi connectivity index (χ1n) is 11.9. The zero-order valence-electron chi connectivity index (χ0n) is 19.4. The van der Waals surface area contributed by atoms with Crippen molar-refractivity contribution in [3.8, 4) is 0 Å². The summed E-state index contributed by atoms with van der Waals surface area (Å²) >= 11 is 0. The number of hydrogen-bond donors (Lipinski definition) is 0. The first-order chi connectivity index (χ1) is 16.8. The number of para-hydroxylation sites is 3. The van der Waals surface area contributed by atoms with Crippen LogP contribution in [0.15, 0.2) is 103 Å². The lowest BCUT2D eigenvalue weighted by atomic mass is 10.0. The van der Waals surface area contributed by atoms with E-state index < -0.39 is 0 Å². The average Bonchev–Trinajstić information content (AvgIpc) is 3.40. The van der Waals surface area contributed by atoms with Crippen LogP contribution >= 0.6 is 0 Å². The third-order valence-electron chi connectivity index (χ3n) is 6.73. The predicted molar refractivity (Wildman–Crippen MR) is 146 cm³/mol. The van der Waals surface area contributed by atoms with Crippen LogP contribution in [-0.2, 0) is 6.42 Å². The van der Waals surface area contributed by atoms with Crippen LogP contribution in [0.1, 0.15) is 31.0 Å². The standard InChI is InChI=1S/C31H27N3/c1-3-4-21-31(34-29-19-11-7-15-25(29)26-16-8-12-20-30(26)34)32-22(2)33-27-17-9-5-13-23(27)24-14-6-10-18-28(24)33/h3,5,7-13,15-21H,1,4,6,14H2,2H3/b31-21+,32-22?. The summed E-state index contributed by atoms with van der Waals surface area (Å²) in [6.07, 6.45) is 11.5. The number of rotatable bonds is 4. The minimum atomic E-state index is 0.747. The Hall–Kier alpha value is -4.11. The molecule has 2 aromatic heterocycles. The molecule has 0 aliphatic heterocycles. The molecule has 0 radical (unpaired) electrons. The van der Waals surface area contributed by atoms with E-state index in [9.17, 15) is 0 Å². The number of fused-ring (bicyclic) bond motifs is 6. The molecule has 2 heterocycles. The highest BCUT2D eigenvalue weighted by atomic mass is 15.2. The van der Waals surface area contributed by atoms with E-state index >= 15 is 0 Å². The van der Waals surface area contributed by atoms with Gasteiger partial charge in [0.05, 0.1) is 22.2 Å². The van der Waals surface area contributed by atoms with Crippen molar-refractivity contribution in [3.63, 3.8) is 0 Å². The van der Waals surface area contributed by atoms with Crippen molar-refractivity contribution in [2.45, 2.75) is 26.2 Å². The molecule has 3 nitrogen and oxygen atoms in total. The molecule has 0 saturated carbocycles. The lowest BCUT2D eigenvalue weighted by Gasteiger charge is -2.14. The van der Waals surface area contributed by atoms with Gasteiger partial charge in [-0.3, -0.25) is 9.13 Å². The summed E-state index contributed by atoms with van der Waals surface area (Å²) in [6.45, 7) is 6.07. The Morgan fingerprint density at radius 1 is 0.853 bits per heavy atom. The number of hydrogen-bond acceptors (Lipinski definition) is 1. The van der Waals surface area contributed by atoms with Crippen LogP contribution in [0.4, 0.5) is 0 Å². The third-order valence-corrected chi connectivity index (χ3v) is 6.73. The van der Waals surface area contributed by atoms with Crippen LogP contribution in [0.5, 0.6) is 0 Å². The van der Waals surface area contributed by atoms with Gasteiger partial charge in [0.15, 0.2) is 0 Å². The van der Waals surface area contributed by atoms with Gasteiger partial charge in [-0.15, -0.1) is 6.58 Å². The van der Waals surface area contributed by atoms with Gasteiger partial charge in [-0.1, -0.05) is 66.7 Å². The second kappa shape index (κ2) is 8.35. The number of aryl methyl sites for hydroxylation is 1. The molecule has 0 spiro atoms. The van der Waals surface area contributed by atoms with E-state index in [0.717, 1.165) is 42.0 Å². The number of nitrogens with zero attached hydrogens (tertiary/aromatic N) is 3. The minimum absolute atomic E-state index is 0.747. The second-order valence-corrected chi connectivity index (χ2v) is 8.77. The molecule has 1 aliphatic rings. The quantitative estimate of drug-likeness (QED) is 0.153. The summed E-state index contributed by atoms with van der Waals surface area (Å²) in [5, 5.41) is 3.80. The van der Waals surface area contributed by atoms with Crippen molar-refractivity contribution < 1.29 is 0 Å². The molecule has 3 aromatic carbocycles. The van der Waals surface area contributed by atoms with Crippen LogP contribution in [0.25, 0.3) is 44.6 Å². The molecule has 0 unspecified atom stereocenters. The van der Waals surface area contributed by atoms with E-state index in [1.807, 2.05) is 6.08 Å². The highest BCUT2D eigenvalue weighted by Gasteiger charge is 2.19. The zero-order chi connectivity index (χ0) is 23.1. The Morgan fingerprint density at radius 3 is 2.09 bits per heavy atom. The Balaban J connectivity index is 1.61. The Morgan fingerprint density at radius 2 is 1.44 bits per heavy atom. The fourth-order valence-electron chi connectivity index (χ4n) is 5.30. The van der Waals surface area contributed by atoms with E-state index in [-0.39, 0.29) is 0 Å². The van der Waals surface area contributed by atoms with Crippen molar-refractivity contribution >= 4 is 50.4 Å². The summed E-state index contributed by atoms with van der Waals surface area (Å²) in [5.74, 6) is 1.88. The highest BCUT2D eigenvalue weighted by molar-refractivity contribution is 6.10. The highest BCUT2D eigenvalue weighted by Crippen LogP contribution is 2.34. The topological polar surface area (TPSA) is 22.2 Å². The van der Waals surface area contributed by atoms with Gasteiger partial charge in [0.2, 0.25) is 0 Å². The molecule has 0 N–H and O–H groups in total. The maximum Gasteiger partial charge on any atom is 0.135 e. The van der Waals surface area contributed by atoms with Crippen molar-refractivity contribution in [3.05, 3.63) is 109 Å². The summed E-state index contributed by atoms with van der Waals surface area (Å²) < 4.78 is 4.60. The molecule has 0 bridgehead atoms. The normalized spacial score (nSPS) is 14.3. The monoisotopic (exact) mass is 441 g/mol.